The highest BCUT2D eigenvalue weighted by Crippen LogP contribution is 2.55. The first-order valence-corrected chi connectivity index (χ1v) is 11.0. The average Bonchev–Trinajstić information content (AvgIpc) is 2.65. The normalized spacial score (nSPS) is 29.3. The van der Waals surface area contributed by atoms with Crippen LogP contribution in [0.25, 0.3) is 0 Å². The first-order chi connectivity index (χ1) is 14.0. The number of ether oxygens (including phenoxy) is 1. The van der Waals surface area contributed by atoms with E-state index in [0.717, 1.165) is 48.3 Å². The molecule has 6 nitrogen and oxygen atoms in total. The van der Waals surface area contributed by atoms with E-state index < -0.39 is 0 Å². The Hall–Kier alpha value is -2.24. The molecule has 0 spiro atoms. The minimum atomic E-state index is -0.123. The Bertz CT molecular complexity index is 713. The molecule has 5 rings (SSSR count). The van der Waals surface area contributed by atoms with E-state index in [1.807, 2.05) is 31.2 Å². The molecule has 4 fully saturated rings. The Labute approximate surface area is 173 Å². The number of para-hydroxylation sites is 1. The van der Waals surface area contributed by atoms with Crippen molar-refractivity contribution in [2.24, 2.45) is 17.8 Å². The lowest BCUT2D eigenvalue weighted by Crippen LogP contribution is -2.61. The predicted molar refractivity (Wildman–Crippen MR) is 112 cm³/mol. The van der Waals surface area contributed by atoms with Crippen molar-refractivity contribution in [2.45, 2.75) is 57.4 Å². The van der Waals surface area contributed by atoms with Crippen LogP contribution in [0.5, 0.6) is 5.75 Å². The van der Waals surface area contributed by atoms with Gasteiger partial charge in [0.2, 0.25) is 5.91 Å². The van der Waals surface area contributed by atoms with Crippen molar-refractivity contribution < 1.29 is 14.3 Å². The zero-order chi connectivity index (χ0) is 20.3. The number of nitrogens with one attached hydrogen (secondary N) is 3. The van der Waals surface area contributed by atoms with Gasteiger partial charge in [-0.15, -0.1) is 0 Å². The van der Waals surface area contributed by atoms with E-state index in [2.05, 4.69) is 16.0 Å². The van der Waals surface area contributed by atoms with Gasteiger partial charge < -0.3 is 20.7 Å². The lowest BCUT2D eigenvalue weighted by molar-refractivity contribution is -0.121. The summed E-state index contributed by atoms with van der Waals surface area (Å²) in [6.45, 7) is 3.22. The molecule has 4 saturated carbocycles. The smallest absolute Gasteiger partial charge is 0.315 e. The monoisotopic (exact) mass is 399 g/mol. The Kier molecular flexibility index (Phi) is 5.97. The molecule has 0 unspecified atom stereocenters. The first kappa shape index (κ1) is 20.0. The predicted octanol–water partition coefficient (Wildman–Crippen LogP) is 3.15. The van der Waals surface area contributed by atoms with E-state index in [1.165, 1.54) is 19.3 Å². The van der Waals surface area contributed by atoms with E-state index in [0.29, 0.717) is 19.7 Å². The van der Waals surface area contributed by atoms with Gasteiger partial charge in [0.1, 0.15) is 12.4 Å². The summed E-state index contributed by atoms with van der Waals surface area (Å²) in [6, 6.07) is 7.69. The van der Waals surface area contributed by atoms with Gasteiger partial charge in [0.25, 0.3) is 0 Å². The molecule has 158 valence electrons. The van der Waals surface area contributed by atoms with Crippen molar-refractivity contribution in [3.05, 3.63) is 29.8 Å². The molecule has 29 heavy (non-hydrogen) atoms. The van der Waals surface area contributed by atoms with Crippen LogP contribution in [0.15, 0.2) is 24.3 Å². The lowest BCUT2D eigenvalue weighted by Gasteiger charge is -2.56. The summed E-state index contributed by atoms with van der Waals surface area (Å²) in [6.07, 6.45) is 7.75. The Morgan fingerprint density at radius 2 is 1.66 bits per heavy atom. The summed E-state index contributed by atoms with van der Waals surface area (Å²) in [5.74, 6) is 3.16. The fraction of sp³-hybridized carbons (Fsp3) is 0.652. The number of urea groups is 1. The van der Waals surface area contributed by atoms with E-state index in [-0.39, 0.29) is 23.9 Å². The third-order valence-corrected chi connectivity index (χ3v) is 6.83. The largest absolute Gasteiger partial charge is 0.491 e. The Balaban J connectivity index is 1.10. The summed E-state index contributed by atoms with van der Waals surface area (Å²) in [4.78, 5) is 24.4. The highest BCUT2D eigenvalue weighted by molar-refractivity contribution is 5.78. The molecule has 0 aromatic heterocycles. The van der Waals surface area contributed by atoms with Gasteiger partial charge in [-0.1, -0.05) is 18.2 Å². The highest BCUT2D eigenvalue weighted by Gasteiger charge is 2.51. The van der Waals surface area contributed by atoms with Gasteiger partial charge in [-0.25, -0.2) is 4.79 Å². The van der Waals surface area contributed by atoms with Crippen LogP contribution in [0.2, 0.25) is 0 Å². The molecule has 1 aromatic rings. The van der Waals surface area contributed by atoms with Crippen molar-refractivity contribution in [2.75, 3.05) is 19.7 Å². The fourth-order valence-electron chi connectivity index (χ4n) is 6.00. The van der Waals surface area contributed by atoms with Crippen LogP contribution in [-0.4, -0.2) is 37.2 Å². The van der Waals surface area contributed by atoms with Gasteiger partial charge in [-0.2, -0.15) is 0 Å². The SMILES string of the molecule is Cc1ccccc1OCCNC(=O)CCNC(=O)NC12CC3CC(CC(C3)C1)C2. The maximum absolute atomic E-state index is 12.4. The Morgan fingerprint density at radius 3 is 2.31 bits per heavy atom. The van der Waals surface area contributed by atoms with Crippen molar-refractivity contribution in [3.8, 4) is 5.75 Å². The fourth-order valence-corrected chi connectivity index (χ4v) is 6.00. The summed E-state index contributed by atoms with van der Waals surface area (Å²) in [5.41, 5.74) is 1.08. The number of hydrogen-bond donors (Lipinski definition) is 3. The molecular weight excluding hydrogens is 366 g/mol. The molecule has 3 amide bonds. The minimum Gasteiger partial charge on any atom is -0.491 e. The number of amides is 3. The number of aryl methyl sites for hydroxylation is 1. The van der Waals surface area contributed by atoms with E-state index in [1.54, 1.807) is 0 Å². The highest BCUT2D eigenvalue weighted by atomic mass is 16.5. The molecule has 4 aliphatic carbocycles. The van der Waals surface area contributed by atoms with Crippen LogP contribution in [-0.2, 0) is 4.79 Å². The molecule has 0 atom stereocenters. The molecule has 6 heteroatoms. The third-order valence-electron chi connectivity index (χ3n) is 6.83. The number of benzene rings is 1. The van der Waals surface area contributed by atoms with Crippen molar-refractivity contribution in [1.29, 1.82) is 0 Å². The quantitative estimate of drug-likeness (QED) is 0.588. The van der Waals surface area contributed by atoms with E-state index >= 15 is 0 Å². The van der Waals surface area contributed by atoms with Gasteiger partial charge in [0.15, 0.2) is 0 Å². The van der Waals surface area contributed by atoms with Gasteiger partial charge in [-0.3, -0.25) is 4.79 Å². The van der Waals surface area contributed by atoms with Gasteiger partial charge in [0, 0.05) is 18.5 Å². The topological polar surface area (TPSA) is 79.5 Å². The zero-order valence-corrected chi connectivity index (χ0v) is 17.3. The van der Waals surface area contributed by atoms with Crippen LogP contribution in [0, 0.1) is 24.7 Å². The third kappa shape index (κ3) is 5.03. The summed E-state index contributed by atoms with van der Waals surface area (Å²) in [7, 11) is 0. The van der Waals surface area contributed by atoms with Crippen molar-refractivity contribution in [1.82, 2.24) is 16.0 Å². The maximum Gasteiger partial charge on any atom is 0.315 e. The van der Waals surface area contributed by atoms with Gasteiger partial charge >= 0.3 is 6.03 Å². The van der Waals surface area contributed by atoms with Crippen molar-refractivity contribution in [3.63, 3.8) is 0 Å². The van der Waals surface area contributed by atoms with Gasteiger partial charge in [-0.05, 0) is 74.8 Å². The van der Waals surface area contributed by atoms with Crippen molar-refractivity contribution >= 4 is 11.9 Å². The molecule has 3 N–H and O–H groups in total. The van der Waals surface area contributed by atoms with Crippen LogP contribution in [0.3, 0.4) is 0 Å². The number of carbonyl (C=O) groups excluding carboxylic acids is 2. The van der Waals surface area contributed by atoms with Crippen LogP contribution in [0.1, 0.15) is 50.5 Å². The molecule has 0 aliphatic heterocycles. The van der Waals surface area contributed by atoms with Gasteiger partial charge in [0.05, 0.1) is 6.54 Å². The minimum absolute atomic E-state index is 0.00794. The first-order valence-electron chi connectivity index (χ1n) is 11.0. The Morgan fingerprint density at radius 1 is 1.00 bits per heavy atom. The zero-order valence-electron chi connectivity index (χ0n) is 17.3. The molecule has 0 saturated heterocycles. The average molecular weight is 400 g/mol. The van der Waals surface area contributed by atoms with E-state index in [9.17, 15) is 9.59 Å². The summed E-state index contributed by atoms with van der Waals surface area (Å²) < 4.78 is 5.67. The lowest BCUT2D eigenvalue weighted by atomic mass is 9.53. The maximum atomic E-state index is 12.4. The number of rotatable bonds is 8. The summed E-state index contributed by atoms with van der Waals surface area (Å²) >= 11 is 0. The second-order valence-electron chi connectivity index (χ2n) is 9.29. The second-order valence-corrected chi connectivity index (χ2v) is 9.29. The van der Waals surface area contributed by atoms with Crippen LogP contribution >= 0.6 is 0 Å². The number of carbonyl (C=O) groups is 2. The molecular formula is C23H33N3O3. The molecule has 4 bridgehead atoms. The standard InChI is InChI=1S/C23H33N3O3/c1-16-4-2-3-5-20(16)29-9-8-24-21(27)6-7-25-22(28)26-23-13-17-10-18(14-23)12-19(11-17)15-23/h2-5,17-19H,6-15H2,1H3,(H,24,27)(H2,25,26,28). The second kappa shape index (κ2) is 8.64. The van der Waals surface area contributed by atoms with Crippen LogP contribution in [0.4, 0.5) is 4.79 Å². The molecule has 0 heterocycles. The summed E-state index contributed by atoms with van der Waals surface area (Å²) in [5, 5.41) is 8.98. The molecule has 1 aromatic carbocycles. The number of hydrogen-bond acceptors (Lipinski definition) is 3. The van der Waals surface area contributed by atoms with E-state index in [4.69, 9.17) is 4.74 Å². The molecule has 0 radical (unpaired) electrons. The molecule has 4 aliphatic rings. The van der Waals surface area contributed by atoms with Crippen LogP contribution < -0.4 is 20.7 Å².